The van der Waals surface area contributed by atoms with Crippen LogP contribution in [0.1, 0.15) is 27.7 Å². The third-order valence-corrected chi connectivity index (χ3v) is 3.66. The van der Waals surface area contributed by atoms with Crippen LogP contribution in [0, 0.1) is 11.8 Å². The number of hydrogen-bond acceptors (Lipinski definition) is 5. The molecular formula is C14H28N4O3. The Kier molecular flexibility index (Phi) is 5.98. The summed E-state index contributed by atoms with van der Waals surface area (Å²) in [4.78, 5) is 16.4. The quantitative estimate of drug-likeness (QED) is 0.285. The number of amides is 1. The van der Waals surface area contributed by atoms with Crippen LogP contribution in [0.2, 0.25) is 0 Å². The Bertz CT molecular complexity index is 382. The van der Waals surface area contributed by atoms with Crippen LogP contribution in [0.25, 0.3) is 0 Å². The normalized spacial score (nSPS) is 19.9. The van der Waals surface area contributed by atoms with E-state index in [1.807, 2.05) is 13.8 Å². The van der Waals surface area contributed by atoms with Crippen molar-refractivity contribution in [3.63, 3.8) is 0 Å². The molecule has 1 amide bonds. The Labute approximate surface area is 126 Å². The molecule has 122 valence electrons. The molecule has 7 nitrogen and oxygen atoms in total. The maximum Gasteiger partial charge on any atom is 0.233 e. The molecule has 1 heterocycles. The monoisotopic (exact) mass is 300 g/mol. The predicted octanol–water partition coefficient (Wildman–Crippen LogP) is -0.0799. The number of carbonyl (C=O) groups is 1. The summed E-state index contributed by atoms with van der Waals surface area (Å²) >= 11 is 0. The van der Waals surface area contributed by atoms with Crippen molar-refractivity contribution in [1.29, 1.82) is 0 Å². The van der Waals surface area contributed by atoms with Crippen molar-refractivity contribution < 1.29 is 15.1 Å². The van der Waals surface area contributed by atoms with Crippen molar-refractivity contribution in [2.24, 2.45) is 22.7 Å². The molecular weight excluding hydrogens is 272 g/mol. The first-order chi connectivity index (χ1) is 9.65. The average molecular weight is 300 g/mol. The van der Waals surface area contributed by atoms with E-state index in [4.69, 9.17) is 10.9 Å². The molecule has 4 N–H and O–H groups in total. The number of oxime groups is 1. The van der Waals surface area contributed by atoms with Gasteiger partial charge in [0.1, 0.15) is 5.92 Å². The fraction of sp³-hybridized carbons (Fsp3) is 0.857. The predicted molar refractivity (Wildman–Crippen MR) is 81.1 cm³/mol. The first-order valence-corrected chi connectivity index (χ1v) is 7.36. The summed E-state index contributed by atoms with van der Waals surface area (Å²) in [5, 5.41) is 21.6. The standard InChI is InChI=1S/C14H28N4O3/c1-10(2)11(12(15)16-21)13(19)18-7-5-17(6-8-18)9-14(3,4)20/h10-11,20-21H,5-9H2,1-4H3,(H2,15,16). The Morgan fingerprint density at radius 2 is 1.81 bits per heavy atom. The molecule has 0 aromatic heterocycles. The summed E-state index contributed by atoms with van der Waals surface area (Å²) in [5.41, 5.74) is 4.91. The van der Waals surface area contributed by atoms with Gasteiger partial charge in [-0.2, -0.15) is 0 Å². The van der Waals surface area contributed by atoms with Crippen molar-refractivity contribution in [3.05, 3.63) is 0 Å². The third kappa shape index (κ3) is 5.17. The van der Waals surface area contributed by atoms with Gasteiger partial charge in [0.05, 0.1) is 5.60 Å². The highest BCUT2D eigenvalue weighted by molar-refractivity contribution is 6.02. The number of amidine groups is 1. The molecule has 0 aromatic rings. The zero-order valence-electron chi connectivity index (χ0n) is 13.4. The average Bonchev–Trinajstić information content (AvgIpc) is 2.37. The number of β-amino-alcohol motifs (C(OH)–C–C–N with tert-alkyl or cyclic N) is 1. The van der Waals surface area contributed by atoms with Crippen molar-refractivity contribution >= 4 is 11.7 Å². The number of nitrogens with two attached hydrogens (primary N) is 1. The molecule has 1 aliphatic heterocycles. The number of aliphatic hydroxyl groups is 1. The largest absolute Gasteiger partial charge is 0.409 e. The summed E-state index contributed by atoms with van der Waals surface area (Å²) in [6, 6.07) is 0. The molecule has 1 unspecified atom stereocenters. The summed E-state index contributed by atoms with van der Waals surface area (Å²) < 4.78 is 0. The molecule has 0 saturated carbocycles. The minimum Gasteiger partial charge on any atom is -0.409 e. The fourth-order valence-electron chi connectivity index (χ4n) is 2.69. The van der Waals surface area contributed by atoms with Gasteiger partial charge in [-0.3, -0.25) is 9.69 Å². The lowest BCUT2D eigenvalue weighted by Gasteiger charge is -2.38. The van der Waals surface area contributed by atoms with Crippen LogP contribution in [0.15, 0.2) is 5.16 Å². The number of nitrogens with zero attached hydrogens (tertiary/aromatic N) is 3. The molecule has 0 radical (unpaired) electrons. The van der Waals surface area contributed by atoms with Gasteiger partial charge in [-0.15, -0.1) is 0 Å². The summed E-state index contributed by atoms with van der Waals surface area (Å²) in [7, 11) is 0. The van der Waals surface area contributed by atoms with Crippen LogP contribution in [0.5, 0.6) is 0 Å². The molecule has 0 spiro atoms. The van der Waals surface area contributed by atoms with Gasteiger partial charge in [0.2, 0.25) is 5.91 Å². The van der Waals surface area contributed by atoms with Crippen LogP contribution in [0.3, 0.4) is 0 Å². The lowest BCUT2D eigenvalue weighted by atomic mass is 9.93. The van der Waals surface area contributed by atoms with E-state index in [1.165, 1.54) is 0 Å². The first-order valence-electron chi connectivity index (χ1n) is 7.36. The van der Waals surface area contributed by atoms with E-state index in [0.717, 1.165) is 13.1 Å². The first kappa shape index (κ1) is 17.7. The zero-order valence-corrected chi connectivity index (χ0v) is 13.4. The summed E-state index contributed by atoms with van der Waals surface area (Å²) in [6.45, 7) is 10.5. The highest BCUT2D eigenvalue weighted by Gasteiger charge is 2.33. The van der Waals surface area contributed by atoms with Crippen LogP contribution in [-0.2, 0) is 4.79 Å². The van der Waals surface area contributed by atoms with Gasteiger partial charge in [-0.05, 0) is 19.8 Å². The molecule has 1 aliphatic rings. The minimum atomic E-state index is -0.735. The van der Waals surface area contributed by atoms with E-state index in [9.17, 15) is 9.90 Å². The summed E-state index contributed by atoms with van der Waals surface area (Å²) in [5.74, 6) is -0.740. The third-order valence-electron chi connectivity index (χ3n) is 3.66. The van der Waals surface area contributed by atoms with E-state index in [0.29, 0.717) is 19.6 Å². The van der Waals surface area contributed by atoms with Crippen molar-refractivity contribution in [3.8, 4) is 0 Å². The molecule has 0 aliphatic carbocycles. The minimum absolute atomic E-state index is 0.0252. The van der Waals surface area contributed by atoms with Gasteiger partial charge in [-0.1, -0.05) is 19.0 Å². The van der Waals surface area contributed by atoms with E-state index < -0.39 is 11.5 Å². The van der Waals surface area contributed by atoms with Crippen LogP contribution in [0.4, 0.5) is 0 Å². The lowest BCUT2D eigenvalue weighted by Crippen LogP contribution is -2.54. The Morgan fingerprint density at radius 1 is 1.29 bits per heavy atom. The smallest absolute Gasteiger partial charge is 0.233 e. The Balaban J connectivity index is 2.62. The maximum absolute atomic E-state index is 12.5. The Morgan fingerprint density at radius 3 is 2.19 bits per heavy atom. The number of carbonyl (C=O) groups excluding carboxylic acids is 1. The van der Waals surface area contributed by atoms with Gasteiger partial charge in [0.15, 0.2) is 5.84 Å². The van der Waals surface area contributed by atoms with Gasteiger partial charge < -0.3 is 20.9 Å². The Hall–Kier alpha value is -1.34. The number of hydrogen-bond donors (Lipinski definition) is 3. The van der Waals surface area contributed by atoms with Crippen molar-refractivity contribution in [2.75, 3.05) is 32.7 Å². The van der Waals surface area contributed by atoms with E-state index in [-0.39, 0.29) is 17.7 Å². The highest BCUT2D eigenvalue weighted by atomic mass is 16.4. The molecule has 1 atom stereocenters. The van der Waals surface area contributed by atoms with Gasteiger partial charge in [0.25, 0.3) is 0 Å². The molecule has 0 aromatic carbocycles. The van der Waals surface area contributed by atoms with Crippen LogP contribution < -0.4 is 5.73 Å². The molecule has 21 heavy (non-hydrogen) atoms. The second-order valence-electron chi connectivity index (χ2n) is 6.66. The van der Waals surface area contributed by atoms with E-state index in [1.54, 1.807) is 18.7 Å². The van der Waals surface area contributed by atoms with Gasteiger partial charge in [-0.25, -0.2) is 0 Å². The molecule has 0 bridgehead atoms. The van der Waals surface area contributed by atoms with Crippen molar-refractivity contribution in [2.45, 2.75) is 33.3 Å². The number of rotatable bonds is 5. The zero-order chi connectivity index (χ0) is 16.2. The molecule has 1 rings (SSSR count). The molecule has 1 fully saturated rings. The highest BCUT2D eigenvalue weighted by Crippen LogP contribution is 2.17. The van der Waals surface area contributed by atoms with Crippen molar-refractivity contribution in [1.82, 2.24) is 9.80 Å². The van der Waals surface area contributed by atoms with Gasteiger partial charge >= 0.3 is 0 Å². The molecule has 1 saturated heterocycles. The van der Waals surface area contributed by atoms with Gasteiger partial charge in [0, 0.05) is 32.7 Å². The maximum atomic E-state index is 12.5. The van der Waals surface area contributed by atoms with Crippen LogP contribution in [-0.4, -0.2) is 70.2 Å². The second kappa shape index (κ2) is 7.09. The summed E-state index contributed by atoms with van der Waals surface area (Å²) in [6.07, 6.45) is 0. The topological polar surface area (TPSA) is 102 Å². The number of piperazine rings is 1. The molecule has 7 heteroatoms. The fourth-order valence-corrected chi connectivity index (χ4v) is 2.69. The van der Waals surface area contributed by atoms with E-state index in [2.05, 4.69) is 10.1 Å². The van der Waals surface area contributed by atoms with Crippen LogP contribution >= 0.6 is 0 Å². The second-order valence-corrected chi connectivity index (χ2v) is 6.66. The lowest BCUT2D eigenvalue weighted by molar-refractivity contribution is -0.136. The van der Waals surface area contributed by atoms with E-state index >= 15 is 0 Å². The SMILES string of the molecule is CC(C)C(C(=O)N1CCN(CC(C)(C)O)CC1)C(N)=NO.